The molecule has 1 saturated heterocycles. The minimum absolute atomic E-state index is 0.351. The van der Waals surface area contributed by atoms with Gasteiger partial charge in [0, 0.05) is 25.2 Å². The van der Waals surface area contributed by atoms with Crippen LogP contribution >= 0.6 is 0 Å². The predicted octanol–water partition coefficient (Wildman–Crippen LogP) is 1.98. The van der Waals surface area contributed by atoms with Crippen LogP contribution in [0.2, 0.25) is 0 Å². The zero-order chi connectivity index (χ0) is 16.4. The molecular formula is C16H21N7O. The average molecular weight is 327 g/mol. The molecule has 1 aliphatic heterocycles. The normalized spacial score (nSPS) is 19.0. The van der Waals surface area contributed by atoms with Gasteiger partial charge in [-0.2, -0.15) is 4.98 Å². The maximum Gasteiger partial charge on any atom is 0.226 e. The van der Waals surface area contributed by atoms with Gasteiger partial charge in [-0.25, -0.2) is 9.97 Å². The first-order chi connectivity index (χ1) is 11.8. The first kappa shape index (κ1) is 15.1. The van der Waals surface area contributed by atoms with Crippen LogP contribution in [-0.4, -0.2) is 49.1 Å². The summed E-state index contributed by atoms with van der Waals surface area (Å²) in [7, 11) is 0. The van der Waals surface area contributed by atoms with Gasteiger partial charge in [0.05, 0.1) is 11.9 Å². The molecule has 0 aliphatic carbocycles. The lowest BCUT2D eigenvalue weighted by molar-refractivity contribution is 0.201. The topological polar surface area (TPSA) is 95.8 Å². The Morgan fingerprint density at radius 2 is 2.38 bits per heavy atom. The Kier molecular flexibility index (Phi) is 4.12. The maximum absolute atomic E-state index is 5.19. The highest BCUT2D eigenvalue weighted by Gasteiger charge is 2.22. The van der Waals surface area contributed by atoms with Crippen molar-refractivity contribution in [2.45, 2.75) is 38.8 Å². The standard InChI is InChI=1S/C16H21N7O/c1-2-14-21-13(22-24-14)9-23-7-3-4-11(8-23)20-16-12-5-6-17-15(12)18-10-19-16/h5-6,10-11H,2-4,7-9H2,1H3,(H2,17,18,19,20)/t11-/m1/s1. The summed E-state index contributed by atoms with van der Waals surface area (Å²) in [6.45, 7) is 4.73. The number of hydrogen-bond acceptors (Lipinski definition) is 7. The minimum atomic E-state index is 0.351. The zero-order valence-corrected chi connectivity index (χ0v) is 13.7. The van der Waals surface area contributed by atoms with Gasteiger partial charge in [0.15, 0.2) is 5.82 Å². The summed E-state index contributed by atoms with van der Waals surface area (Å²) in [6, 6.07) is 2.36. The van der Waals surface area contributed by atoms with Crippen molar-refractivity contribution in [2.24, 2.45) is 0 Å². The van der Waals surface area contributed by atoms with Gasteiger partial charge in [-0.1, -0.05) is 12.1 Å². The van der Waals surface area contributed by atoms with Crippen LogP contribution in [0.15, 0.2) is 23.1 Å². The molecule has 8 nitrogen and oxygen atoms in total. The van der Waals surface area contributed by atoms with Crippen molar-refractivity contribution in [3.8, 4) is 0 Å². The molecule has 2 N–H and O–H groups in total. The van der Waals surface area contributed by atoms with Gasteiger partial charge >= 0.3 is 0 Å². The number of aryl methyl sites for hydroxylation is 1. The van der Waals surface area contributed by atoms with Crippen molar-refractivity contribution >= 4 is 16.9 Å². The summed E-state index contributed by atoms with van der Waals surface area (Å²) in [6.07, 6.45) is 6.51. The molecule has 0 saturated carbocycles. The molecule has 1 atom stereocenters. The predicted molar refractivity (Wildman–Crippen MR) is 89.5 cm³/mol. The number of nitrogens with one attached hydrogen (secondary N) is 2. The molecule has 8 heteroatoms. The van der Waals surface area contributed by atoms with Gasteiger partial charge in [-0.3, -0.25) is 4.90 Å². The van der Waals surface area contributed by atoms with Crippen molar-refractivity contribution in [1.82, 2.24) is 30.0 Å². The SMILES string of the molecule is CCc1nc(CN2CCC[C@@H](Nc3ncnc4[nH]ccc34)C2)no1. The van der Waals surface area contributed by atoms with Crippen LogP contribution in [0.4, 0.5) is 5.82 Å². The third kappa shape index (κ3) is 3.09. The fourth-order valence-corrected chi connectivity index (χ4v) is 3.20. The number of hydrogen-bond donors (Lipinski definition) is 2. The van der Waals surface area contributed by atoms with Gasteiger partial charge in [0.2, 0.25) is 5.89 Å². The second-order valence-corrected chi connectivity index (χ2v) is 6.14. The third-order valence-electron chi connectivity index (χ3n) is 4.38. The number of piperidine rings is 1. The highest BCUT2D eigenvalue weighted by Crippen LogP contribution is 2.21. The molecule has 4 rings (SSSR count). The number of H-pyrrole nitrogens is 1. The minimum Gasteiger partial charge on any atom is -0.365 e. The molecule has 1 fully saturated rings. The molecule has 3 aromatic rings. The van der Waals surface area contributed by atoms with Gasteiger partial charge in [-0.15, -0.1) is 0 Å². The van der Waals surface area contributed by atoms with Crippen molar-refractivity contribution in [3.63, 3.8) is 0 Å². The number of aromatic amines is 1. The Balaban J connectivity index is 1.42. The summed E-state index contributed by atoms with van der Waals surface area (Å²) in [5.74, 6) is 2.36. The lowest BCUT2D eigenvalue weighted by atomic mass is 10.1. The van der Waals surface area contributed by atoms with E-state index in [1.54, 1.807) is 6.33 Å². The summed E-state index contributed by atoms with van der Waals surface area (Å²) in [5, 5.41) is 8.64. The quantitative estimate of drug-likeness (QED) is 0.739. The number of anilines is 1. The Labute approximate surface area is 139 Å². The van der Waals surface area contributed by atoms with Crippen LogP contribution in [0.25, 0.3) is 11.0 Å². The van der Waals surface area contributed by atoms with Crippen LogP contribution in [0.1, 0.15) is 31.5 Å². The van der Waals surface area contributed by atoms with Gasteiger partial charge in [0.25, 0.3) is 0 Å². The van der Waals surface area contributed by atoms with Crippen molar-refractivity contribution in [3.05, 3.63) is 30.3 Å². The van der Waals surface area contributed by atoms with Gasteiger partial charge in [0.1, 0.15) is 17.8 Å². The average Bonchev–Trinajstić information content (AvgIpc) is 3.24. The number of fused-ring (bicyclic) bond motifs is 1. The lowest BCUT2D eigenvalue weighted by Gasteiger charge is -2.32. The number of aromatic nitrogens is 5. The molecule has 4 heterocycles. The van der Waals surface area contributed by atoms with Crippen LogP contribution in [0.5, 0.6) is 0 Å². The summed E-state index contributed by atoms with van der Waals surface area (Å²) in [5.41, 5.74) is 0.860. The second kappa shape index (κ2) is 6.56. The van der Waals surface area contributed by atoms with Crippen molar-refractivity contribution in [2.75, 3.05) is 18.4 Å². The molecule has 0 aromatic carbocycles. The van der Waals surface area contributed by atoms with Crippen molar-refractivity contribution in [1.29, 1.82) is 0 Å². The number of rotatable bonds is 5. The monoisotopic (exact) mass is 327 g/mol. The fourth-order valence-electron chi connectivity index (χ4n) is 3.20. The van der Waals surface area contributed by atoms with E-state index in [-0.39, 0.29) is 0 Å². The van der Waals surface area contributed by atoms with Crippen LogP contribution < -0.4 is 5.32 Å². The molecule has 0 radical (unpaired) electrons. The van der Waals surface area contributed by atoms with Crippen LogP contribution in [0.3, 0.4) is 0 Å². The fraction of sp³-hybridized carbons (Fsp3) is 0.500. The Morgan fingerprint density at radius 3 is 3.25 bits per heavy atom. The third-order valence-corrected chi connectivity index (χ3v) is 4.38. The molecule has 3 aromatic heterocycles. The summed E-state index contributed by atoms with van der Waals surface area (Å²) in [4.78, 5) is 18.5. The molecule has 24 heavy (non-hydrogen) atoms. The molecule has 1 aliphatic rings. The molecular weight excluding hydrogens is 306 g/mol. The lowest BCUT2D eigenvalue weighted by Crippen LogP contribution is -2.42. The Morgan fingerprint density at radius 1 is 1.42 bits per heavy atom. The maximum atomic E-state index is 5.19. The van der Waals surface area contributed by atoms with Gasteiger partial charge in [-0.05, 0) is 25.5 Å². The van der Waals surface area contributed by atoms with Crippen molar-refractivity contribution < 1.29 is 4.52 Å². The van der Waals surface area contributed by atoms with E-state index in [0.717, 1.165) is 61.6 Å². The first-order valence-corrected chi connectivity index (χ1v) is 8.40. The van der Waals surface area contributed by atoms with E-state index < -0.39 is 0 Å². The van der Waals surface area contributed by atoms with E-state index in [2.05, 4.69) is 35.3 Å². The molecule has 0 bridgehead atoms. The molecule has 126 valence electrons. The highest BCUT2D eigenvalue weighted by atomic mass is 16.5. The van der Waals surface area contributed by atoms with E-state index in [1.807, 2.05) is 19.2 Å². The van der Waals surface area contributed by atoms with Crippen LogP contribution in [0, 0.1) is 0 Å². The zero-order valence-electron chi connectivity index (χ0n) is 13.7. The van der Waals surface area contributed by atoms with Gasteiger partial charge < -0.3 is 14.8 Å². The molecule has 0 unspecified atom stereocenters. The number of likely N-dealkylation sites (tertiary alicyclic amines) is 1. The van der Waals surface area contributed by atoms with E-state index >= 15 is 0 Å². The summed E-state index contributed by atoms with van der Waals surface area (Å²) < 4.78 is 5.19. The molecule has 0 spiro atoms. The smallest absolute Gasteiger partial charge is 0.226 e. The van der Waals surface area contributed by atoms with E-state index in [9.17, 15) is 0 Å². The molecule has 0 amide bonds. The van der Waals surface area contributed by atoms with E-state index in [0.29, 0.717) is 11.9 Å². The largest absolute Gasteiger partial charge is 0.365 e. The second-order valence-electron chi connectivity index (χ2n) is 6.14. The Bertz CT molecular complexity index is 811. The van der Waals surface area contributed by atoms with E-state index in [4.69, 9.17) is 4.52 Å². The summed E-state index contributed by atoms with van der Waals surface area (Å²) >= 11 is 0. The Hall–Kier alpha value is -2.48. The van der Waals surface area contributed by atoms with E-state index in [1.165, 1.54) is 0 Å². The number of nitrogens with zero attached hydrogens (tertiary/aromatic N) is 5. The first-order valence-electron chi connectivity index (χ1n) is 8.40. The van der Waals surface area contributed by atoms with Crippen LogP contribution in [-0.2, 0) is 13.0 Å². The highest BCUT2D eigenvalue weighted by molar-refractivity contribution is 5.86.